The van der Waals surface area contributed by atoms with Gasteiger partial charge in [-0.2, -0.15) is 0 Å². The van der Waals surface area contributed by atoms with Crippen molar-refractivity contribution in [3.05, 3.63) is 64.1 Å². The van der Waals surface area contributed by atoms with Gasteiger partial charge < -0.3 is 0 Å². The Balaban J connectivity index is 1.96. The number of hydrogen-bond acceptors (Lipinski definition) is 2. The summed E-state index contributed by atoms with van der Waals surface area (Å²) >= 11 is 5.11. The van der Waals surface area contributed by atoms with E-state index in [0.29, 0.717) is 5.75 Å². The second-order valence-corrected chi connectivity index (χ2v) is 6.80. The molecule has 2 aromatic rings. The molecule has 0 saturated carbocycles. The van der Waals surface area contributed by atoms with Gasteiger partial charge in [0.15, 0.2) is 0 Å². The summed E-state index contributed by atoms with van der Waals surface area (Å²) in [6, 6.07) is 16.3. The fraction of sp³-hybridized carbons (Fsp3) is 0.188. The number of aryl methyl sites for hydroxylation is 1. The third kappa shape index (κ3) is 2.63. The molecule has 0 N–H and O–H groups in total. The molecule has 0 bridgehead atoms. The van der Waals surface area contributed by atoms with Crippen LogP contribution in [-0.2, 0) is 4.79 Å². The zero-order valence-electron chi connectivity index (χ0n) is 11.0. The van der Waals surface area contributed by atoms with Crippen LogP contribution in [0.3, 0.4) is 0 Å². The number of halogens is 1. The maximum atomic E-state index is 12.2. The molecule has 1 saturated heterocycles. The van der Waals surface area contributed by atoms with E-state index in [9.17, 15) is 4.79 Å². The van der Waals surface area contributed by atoms with Crippen molar-refractivity contribution in [1.82, 2.24) is 0 Å². The SMILES string of the molecule is Cc1ccc([C@H]2SCC(=O)N2c2ccc(Br)cc2)cc1. The number of anilines is 1. The molecule has 2 aromatic carbocycles. The van der Waals surface area contributed by atoms with Crippen LogP contribution in [0.25, 0.3) is 0 Å². The van der Waals surface area contributed by atoms with Gasteiger partial charge in [0.25, 0.3) is 0 Å². The topological polar surface area (TPSA) is 20.3 Å². The van der Waals surface area contributed by atoms with E-state index in [4.69, 9.17) is 0 Å². The van der Waals surface area contributed by atoms with Crippen molar-refractivity contribution in [2.45, 2.75) is 12.3 Å². The zero-order chi connectivity index (χ0) is 14.1. The van der Waals surface area contributed by atoms with Crippen LogP contribution in [0.15, 0.2) is 53.0 Å². The molecule has 1 heterocycles. The number of hydrogen-bond donors (Lipinski definition) is 0. The molecule has 2 nitrogen and oxygen atoms in total. The van der Waals surface area contributed by atoms with E-state index in [2.05, 4.69) is 47.1 Å². The van der Waals surface area contributed by atoms with E-state index >= 15 is 0 Å². The normalized spacial score (nSPS) is 18.6. The van der Waals surface area contributed by atoms with Crippen LogP contribution in [0.5, 0.6) is 0 Å². The summed E-state index contributed by atoms with van der Waals surface area (Å²) < 4.78 is 1.02. The lowest BCUT2D eigenvalue weighted by molar-refractivity contribution is -0.115. The number of nitrogens with zero attached hydrogens (tertiary/aromatic N) is 1. The van der Waals surface area contributed by atoms with Crippen molar-refractivity contribution < 1.29 is 4.79 Å². The molecule has 1 aliphatic rings. The predicted octanol–water partition coefficient (Wildman–Crippen LogP) is 4.54. The number of thioether (sulfide) groups is 1. The molecule has 3 rings (SSSR count). The fourth-order valence-corrected chi connectivity index (χ4v) is 3.72. The van der Waals surface area contributed by atoms with Gasteiger partial charge in [-0.1, -0.05) is 45.8 Å². The molecular formula is C16H14BrNOS. The lowest BCUT2D eigenvalue weighted by Crippen LogP contribution is -2.27. The first-order chi connectivity index (χ1) is 9.65. The van der Waals surface area contributed by atoms with Crippen molar-refractivity contribution in [2.75, 3.05) is 10.7 Å². The molecule has 102 valence electrons. The lowest BCUT2D eigenvalue weighted by atomic mass is 10.1. The Labute approximate surface area is 131 Å². The quantitative estimate of drug-likeness (QED) is 0.794. The zero-order valence-corrected chi connectivity index (χ0v) is 13.4. The lowest BCUT2D eigenvalue weighted by Gasteiger charge is -2.24. The predicted molar refractivity (Wildman–Crippen MR) is 88.0 cm³/mol. The minimum Gasteiger partial charge on any atom is -0.295 e. The highest BCUT2D eigenvalue weighted by Gasteiger charge is 2.33. The molecule has 1 atom stereocenters. The Morgan fingerprint density at radius 1 is 1.10 bits per heavy atom. The highest BCUT2D eigenvalue weighted by molar-refractivity contribution is 9.10. The summed E-state index contributed by atoms with van der Waals surface area (Å²) in [7, 11) is 0. The number of carbonyl (C=O) groups excluding carboxylic acids is 1. The fourth-order valence-electron chi connectivity index (χ4n) is 2.28. The van der Waals surface area contributed by atoms with Crippen LogP contribution in [0.1, 0.15) is 16.5 Å². The molecule has 0 spiro atoms. The van der Waals surface area contributed by atoms with Crippen LogP contribution in [0.2, 0.25) is 0 Å². The second-order valence-electron chi connectivity index (χ2n) is 4.81. The third-order valence-corrected chi connectivity index (χ3v) is 5.08. The summed E-state index contributed by atoms with van der Waals surface area (Å²) in [6.45, 7) is 2.07. The largest absolute Gasteiger partial charge is 0.295 e. The van der Waals surface area contributed by atoms with Crippen LogP contribution >= 0.6 is 27.7 Å². The highest BCUT2D eigenvalue weighted by atomic mass is 79.9. The minimum absolute atomic E-state index is 0.0734. The Bertz CT molecular complexity index is 624. The molecule has 1 aliphatic heterocycles. The molecule has 1 fully saturated rings. The van der Waals surface area contributed by atoms with Gasteiger partial charge in [0.05, 0.1) is 5.75 Å². The van der Waals surface area contributed by atoms with E-state index in [1.54, 1.807) is 11.8 Å². The average molecular weight is 348 g/mol. The number of carbonyl (C=O) groups is 1. The van der Waals surface area contributed by atoms with E-state index in [1.165, 1.54) is 11.1 Å². The van der Waals surface area contributed by atoms with Crippen molar-refractivity contribution in [3.8, 4) is 0 Å². The standard InChI is InChI=1S/C16H14BrNOS/c1-11-2-4-12(5-3-11)16-18(15(19)10-20-16)14-8-6-13(17)7-9-14/h2-9,16H,10H2,1H3/t16-/m1/s1. The molecule has 20 heavy (non-hydrogen) atoms. The molecule has 0 aliphatic carbocycles. The monoisotopic (exact) mass is 347 g/mol. The van der Waals surface area contributed by atoms with Gasteiger partial charge in [0, 0.05) is 10.2 Å². The molecule has 0 radical (unpaired) electrons. The van der Waals surface area contributed by atoms with Gasteiger partial charge in [-0.15, -0.1) is 11.8 Å². The van der Waals surface area contributed by atoms with Crippen LogP contribution in [0.4, 0.5) is 5.69 Å². The molecule has 1 amide bonds. The van der Waals surface area contributed by atoms with Crippen LogP contribution < -0.4 is 4.90 Å². The summed E-state index contributed by atoms with van der Waals surface area (Å²) in [6.07, 6.45) is 0. The molecule has 0 aromatic heterocycles. The van der Waals surface area contributed by atoms with E-state index in [1.807, 2.05) is 29.2 Å². The first-order valence-corrected chi connectivity index (χ1v) is 8.25. The number of rotatable bonds is 2. The Morgan fingerprint density at radius 3 is 2.40 bits per heavy atom. The average Bonchev–Trinajstić information content (AvgIpc) is 2.83. The van der Waals surface area contributed by atoms with Gasteiger partial charge in [-0.25, -0.2) is 0 Å². The van der Waals surface area contributed by atoms with Gasteiger partial charge in [0.1, 0.15) is 5.37 Å². The van der Waals surface area contributed by atoms with Crippen LogP contribution in [0, 0.1) is 6.92 Å². The first kappa shape index (κ1) is 13.7. The van der Waals surface area contributed by atoms with Gasteiger partial charge in [-0.3, -0.25) is 9.69 Å². The van der Waals surface area contributed by atoms with Crippen molar-refractivity contribution in [1.29, 1.82) is 0 Å². The van der Waals surface area contributed by atoms with Crippen molar-refractivity contribution in [3.63, 3.8) is 0 Å². The van der Waals surface area contributed by atoms with Gasteiger partial charge in [0.2, 0.25) is 5.91 Å². The third-order valence-electron chi connectivity index (χ3n) is 3.34. The summed E-state index contributed by atoms with van der Waals surface area (Å²) in [5.74, 6) is 0.706. The first-order valence-electron chi connectivity index (χ1n) is 6.41. The van der Waals surface area contributed by atoms with E-state index in [0.717, 1.165) is 10.2 Å². The van der Waals surface area contributed by atoms with Crippen LogP contribution in [-0.4, -0.2) is 11.7 Å². The smallest absolute Gasteiger partial charge is 0.238 e. The molecule has 4 heteroatoms. The maximum absolute atomic E-state index is 12.2. The van der Waals surface area contributed by atoms with Crippen molar-refractivity contribution >= 4 is 39.3 Å². The van der Waals surface area contributed by atoms with E-state index in [-0.39, 0.29) is 11.3 Å². The maximum Gasteiger partial charge on any atom is 0.238 e. The number of amides is 1. The Hall–Kier alpha value is -1.26. The Morgan fingerprint density at radius 2 is 1.75 bits per heavy atom. The Kier molecular flexibility index (Phi) is 3.85. The summed E-state index contributed by atoms with van der Waals surface area (Å²) in [5, 5.41) is 0.0734. The van der Waals surface area contributed by atoms with Gasteiger partial charge in [-0.05, 0) is 36.8 Å². The molecule has 0 unspecified atom stereocenters. The van der Waals surface area contributed by atoms with Crippen molar-refractivity contribution in [2.24, 2.45) is 0 Å². The summed E-state index contributed by atoms with van der Waals surface area (Å²) in [4.78, 5) is 14.1. The minimum atomic E-state index is 0.0734. The number of benzene rings is 2. The summed E-state index contributed by atoms with van der Waals surface area (Å²) in [5.41, 5.74) is 3.36. The second kappa shape index (κ2) is 5.62. The highest BCUT2D eigenvalue weighted by Crippen LogP contribution is 2.41. The molecular weight excluding hydrogens is 334 g/mol. The van der Waals surface area contributed by atoms with E-state index < -0.39 is 0 Å². The van der Waals surface area contributed by atoms with Gasteiger partial charge >= 0.3 is 0 Å².